The summed E-state index contributed by atoms with van der Waals surface area (Å²) in [5.41, 5.74) is 1.55. The summed E-state index contributed by atoms with van der Waals surface area (Å²) in [6, 6.07) is -0.692. The van der Waals surface area contributed by atoms with Crippen LogP contribution in [-0.4, -0.2) is 35.2 Å². The van der Waals surface area contributed by atoms with Gasteiger partial charge in [-0.05, 0) is 42.9 Å². The Kier molecular flexibility index (Phi) is 7.07. The molecule has 0 amide bonds. The van der Waals surface area contributed by atoms with Crippen LogP contribution in [0.2, 0.25) is 0 Å². The van der Waals surface area contributed by atoms with Gasteiger partial charge < -0.3 is 15.7 Å². The predicted molar refractivity (Wildman–Crippen MR) is 109 cm³/mol. The van der Waals surface area contributed by atoms with Gasteiger partial charge in [-0.2, -0.15) is 0 Å². The number of nitrogens with one attached hydrogen (secondary N) is 2. The Bertz CT molecular complexity index is 689. The number of allylic oxidation sites excluding steroid dienone is 4. The maximum Gasteiger partial charge on any atom is 0.326 e. The summed E-state index contributed by atoms with van der Waals surface area (Å²) in [4.78, 5) is 35.2. The van der Waals surface area contributed by atoms with Gasteiger partial charge in [-0.15, -0.1) is 0 Å². The van der Waals surface area contributed by atoms with Crippen LogP contribution in [0.5, 0.6) is 0 Å². The van der Waals surface area contributed by atoms with E-state index in [1.54, 1.807) is 12.2 Å². The van der Waals surface area contributed by atoms with Crippen molar-refractivity contribution in [3.63, 3.8) is 0 Å². The summed E-state index contributed by atoms with van der Waals surface area (Å²) in [7, 11) is 0. The van der Waals surface area contributed by atoms with Crippen molar-refractivity contribution < 1.29 is 19.5 Å². The lowest BCUT2D eigenvalue weighted by Gasteiger charge is -2.30. The number of carboxylic acid groups (broad SMARTS) is 1. The smallest absolute Gasteiger partial charge is 0.326 e. The minimum absolute atomic E-state index is 0.00851. The van der Waals surface area contributed by atoms with Crippen LogP contribution in [0.3, 0.4) is 0 Å². The van der Waals surface area contributed by atoms with Crippen molar-refractivity contribution in [3.8, 4) is 0 Å². The fourth-order valence-corrected chi connectivity index (χ4v) is 4.10. The van der Waals surface area contributed by atoms with Gasteiger partial charge in [0.25, 0.3) is 0 Å². The van der Waals surface area contributed by atoms with Crippen molar-refractivity contribution in [2.75, 3.05) is 6.54 Å². The van der Waals surface area contributed by atoms with Crippen molar-refractivity contribution in [2.24, 2.45) is 10.8 Å². The first-order chi connectivity index (χ1) is 13.0. The molecular weight excluding hydrogens is 356 g/mol. The van der Waals surface area contributed by atoms with E-state index in [0.29, 0.717) is 25.7 Å². The molecule has 2 aliphatic rings. The van der Waals surface area contributed by atoms with E-state index in [-0.39, 0.29) is 22.4 Å². The third kappa shape index (κ3) is 7.13. The molecule has 0 spiro atoms. The highest BCUT2D eigenvalue weighted by atomic mass is 16.4. The molecule has 0 radical (unpaired) electrons. The van der Waals surface area contributed by atoms with E-state index in [1.807, 2.05) is 13.8 Å². The molecule has 0 heterocycles. The summed E-state index contributed by atoms with van der Waals surface area (Å²) in [5, 5.41) is 15.9. The molecule has 0 aliphatic heterocycles. The fraction of sp³-hybridized carbons (Fsp3) is 0.682. The number of carbonyl (C=O) groups is 3. The molecule has 0 aromatic carbocycles. The summed E-state index contributed by atoms with van der Waals surface area (Å²) in [6.07, 6.45) is 7.92. The van der Waals surface area contributed by atoms with Crippen LogP contribution in [0.15, 0.2) is 23.5 Å². The Morgan fingerprint density at radius 1 is 0.964 bits per heavy atom. The highest BCUT2D eigenvalue weighted by Crippen LogP contribution is 2.33. The molecule has 1 atom stereocenters. The zero-order chi connectivity index (χ0) is 20.9. The summed E-state index contributed by atoms with van der Waals surface area (Å²) in [5.74, 6) is -0.690. The molecule has 0 aromatic heterocycles. The highest BCUT2D eigenvalue weighted by molar-refractivity contribution is 5.92. The SMILES string of the molecule is CC1(C)CC(=O)C=C(NCCCC[C@H](NC2=CC(=O)CC(C)(C)C2)C(=O)O)C1. The molecule has 0 aromatic rings. The lowest BCUT2D eigenvalue weighted by Crippen LogP contribution is -2.39. The summed E-state index contributed by atoms with van der Waals surface area (Å²) < 4.78 is 0. The van der Waals surface area contributed by atoms with Gasteiger partial charge in [0.1, 0.15) is 6.04 Å². The van der Waals surface area contributed by atoms with Crippen LogP contribution < -0.4 is 10.6 Å². The van der Waals surface area contributed by atoms with Gasteiger partial charge in [0.05, 0.1) is 0 Å². The Morgan fingerprint density at radius 2 is 1.50 bits per heavy atom. The van der Waals surface area contributed by atoms with Crippen LogP contribution in [0.4, 0.5) is 0 Å². The molecule has 0 fully saturated rings. The summed E-state index contributed by atoms with van der Waals surface area (Å²) >= 11 is 0. The van der Waals surface area contributed by atoms with Gasteiger partial charge in [0, 0.05) is 42.9 Å². The second kappa shape index (κ2) is 8.93. The number of ketones is 2. The number of rotatable bonds is 9. The Balaban J connectivity index is 1.77. The van der Waals surface area contributed by atoms with Crippen molar-refractivity contribution in [3.05, 3.63) is 23.5 Å². The lowest BCUT2D eigenvalue weighted by atomic mass is 9.78. The van der Waals surface area contributed by atoms with Gasteiger partial charge in [0.2, 0.25) is 0 Å². The lowest BCUT2D eigenvalue weighted by molar-refractivity contribution is -0.139. The van der Waals surface area contributed by atoms with Crippen LogP contribution >= 0.6 is 0 Å². The minimum Gasteiger partial charge on any atom is -0.480 e. The maximum absolute atomic E-state index is 11.9. The average molecular weight is 391 g/mol. The summed E-state index contributed by atoms with van der Waals surface area (Å²) in [6.45, 7) is 8.94. The molecule has 0 bridgehead atoms. The molecular formula is C22H34N2O4. The monoisotopic (exact) mass is 390 g/mol. The molecule has 2 aliphatic carbocycles. The molecule has 6 nitrogen and oxygen atoms in total. The number of hydrogen-bond donors (Lipinski definition) is 3. The first-order valence-corrected chi connectivity index (χ1v) is 10.2. The quantitative estimate of drug-likeness (QED) is 0.523. The molecule has 0 saturated carbocycles. The van der Waals surface area contributed by atoms with Crippen LogP contribution in [0.25, 0.3) is 0 Å². The second-order valence-electron chi connectivity index (χ2n) is 9.77. The van der Waals surface area contributed by atoms with E-state index in [0.717, 1.165) is 37.2 Å². The van der Waals surface area contributed by atoms with E-state index in [2.05, 4.69) is 24.5 Å². The van der Waals surface area contributed by atoms with Crippen LogP contribution in [-0.2, 0) is 14.4 Å². The average Bonchev–Trinajstić information content (AvgIpc) is 2.49. The van der Waals surface area contributed by atoms with Gasteiger partial charge in [-0.1, -0.05) is 27.7 Å². The number of carbonyl (C=O) groups excluding carboxylic acids is 2. The highest BCUT2D eigenvalue weighted by Gasteiger charge is 2.30. The predicted octanol–water partition coefficient (Wildman–Crippen LogP) is 3.34. The molecule has 156 valence electrons. The third-order valence-electron chi connectivity index (χ3n) is 5.24. The Hall–Kier alpha value is -2.11. The normalized spacial score (nSPS) is 22.1. The van der Waals surface area contributed by atoms with Crippen molar-refractivity contribution in [2.45, 2.75) is 78.7 Å². The van der Waals surface area contributed by atoms with Crippen molar-refractivity contribution >= 4 is 17.5 Å². The number of aliphatic carboxylic acids is 1. The van der Waals surface area contributed by atoms with Crippen LogP contribution in [0.1, 0.15) is 72.6 Å². The first-order valence-electron chi connectivity index (χ1n) is 10.2. The Morgan fingerprint density at radius 3 is 2.04 bits per heavy atom. The third-order valence-corrected chi connectivity index (χ3v) is 5.24. The second-order valence-corrected chi connectivity index (χ2v) is 9.77. The van der Waals surface area contributed by atoms with Crippen LogP contribution in [0, 0.1) is 10.8 Å². The van der Waals surface area contributed by atoms with E-state index in [1.165, 1.54) is 0 Å². The minimum atomic E-state index is -0.896. The standard InChI is InChI=1S/C22H34N2O4/c1-21(2)11-15(9-17(25)13-21)23-8-6-5-7-19(20(27)28)24-16-10-18(26)14-22(3,4)12-16/h9-10,19,23-24H,5-8,11-14H2,1-4H3,(H,27,28)/t19-/m0/s1. The van der Waals surface area contributed by atoms with Gasteiger partial charge in [0.15, 0.2) is 11.6 Å². The first kappa shape index (κ1) is 22.2. The van der Waals surface area contributed by atoms with Crippen molar-refractivity contribution in [1.29, 1.82) is 0 Å². The topological polar surface area (TPSA) is 95.5 Å². The molecule has 3 N–H and O–H groups in total. The van der Waals surface area contributed by atoms with E-state index >= 15 is 0 Å². The molecule has 0 unspecified atom stereocenters. The van der Waals surface area contributed by atoms with E-state index in [9.17, 15) is 19.5 Å². The molecule has 0 saturated heterocycles. The zero-order valence-corrected chi connectivity index (χ0v) is 17.6. The van der Waals surface area contributed by atoms with E-state index < -0.39 is 12.0 Å². The maximum atomic E-state index is 11.9. The molecule has 6 heteroatoms. The molecule has 2 rings (SSSR count). The van der Waals surface area contributed by atoms with Gasteiger partial charge in [-0.3, -0.25) is 9.59 Å². The van der Waals surface area contributed by atoms with Gasteiger partial charge >= 0.3 is 5.97 Å². The largest absolute Gasteiger partial charge is 0.480 e. The van der Waals surface area contributed by atoms with E-state index in [4.69, 9.17) is 0 Å². The van der Waals surface area contributed by atoms with Gasteiger partial charge in [-0.25, -0.2) is 4.79 Å². The zero-order valence-electron chi connectivity index (χ0n) is 17.6. The fourth-order valence-electron chi connectivity index (χ4n) is 4.10. The number of hydrogen-bond acceptors (Lipinski definition) is 5. The van der Waals surface area contributed by atoms with Crippen molar-refractivity contribution in [1.82, 2.24) is 10.6 Å². The number of carboxylic acids is 1. The Labute approximate surface area is 167 Å². The molecule has 28 heavy (non-hydrogen) atoms. The number of unbranched alkanes of at least 4 members (excludes halogenated alkanes) is 1.